The molecule has 0 aliphatic carbocycles. The van der Waals surface area contributed by atoms with E-state index in [1.54, 1.807) is 18.2 Å². The van der Waals surface area contributed by atoms with Gasteiger partial charge in [-0.1, -0.05) is 11.6 Å². The fourth-order valence-electron chi connectivity index (χ4n) is 0.874. The van der Waals surface area contributed by atoms with Gasteiger partial charge in [-0.3, -0.25) is 0 Å². The van der Waals surface area contributed by atoms with Crippen molar-refractivity contribution in [1.82, 2.24) is 0 Å². The number of hydrogen-bond donors (Lipinski definition) is 2. The highest BCUT2D eigenvalue weighted by Gasteiger charge is 2.27. The molecule has 0 aliphatic rings. The van der Waals surface area contributed by atoms with Gasteiger partial charge in [0.25, 0.3) is 0 Å². The lowest BCUT2D eigenvalue weighted by Crippen LogP contribution is -2.33. The van der Waals surface area contributed by atoms with Crippen LogP contribution in [0.15, 0.2) is 18.2 Å². The number of halogens is 1. The van der Waals surface area contributed by atoms with Crippen LogP contribution in [-0.2, 0) is 11.4 Å². The van der Waals surface area contributed by atoms with Crippen molar-refractivity contribution < 1.29 is 4.55 Å². The van der Waals surface area contributed by atoms with Gasteiger partial charge in [0.2, 0.25) is 0 Å². The first-order valence-corrected chi connectivity index (χ1v) is 6.07. The third-order valence-corrected chi connectivity index (χ3v) is 3.60. The molecule has 1 rings (SSSR count). The third-order valence-electron chi connectivity index (χ3n) is 1.75. The van der Waals surface area contributed by atoms with Crippen LogP contribution < -0.4 is 10.5 Å². The first-order chi connectivity index (χ1) is 6.80. The van der Waals surface area contributed by atoms with E-state index >= 15 is 0 Å². The smallest absolute Gasteiger partial charge is 0.142 e. The van der Waals surface area contributed by atoms with E-state index in [2.05, 4.69) is 4.72 Å². The molecule has 0 bridgehead atoms. The molecule has 0 aliphatic heterocycles. The summed E-state index contributed by atoms with van der Waals surface area (Å²) in [4.78, 5) is 0. The molecule has 15 heavy (non-hydrogen) atoms. The van der Waals surface area contributed by atoms with Crippen LogP contribution in [0.1, 0.15) is 20.8 Å². The van der Waals surface area contributed by atoms with Crippen LogP contribution in [0.3, 0.4) is 0 Å². The summed E-state index contributed by atoms with van der Waals surface area (Å²) in [6.45, 7) is 5.66. The van der Waals surface area contributed by atoms with E-state index in [0.717, 1.165) is 0 Å². The highest BCUT2D eigenvalue weighted by molar-refractivity contribution is 7.94. The number of nitrogen functional groups attached to an aromatic ring is 1. The first-order valence-electron chi connectivity index (χ1n) is 4.54. The minimum absolute atomic E-state index is 0.339. The fourth-order valence-corrected chi connectivity index (χ4v) is 1.77. The van der Waals surface area contributed by atoms with Crippen LogP contribution in [0.2, 0.25) is 5.02 Å². The van der Waals surface area contributed by atoms with Crippen LogP contribution in [0.4, 0.5) is 11.4 Å². The van der Waals surface area contributed by atoms with Crippen molar-refractivity contribution in [3.63, 3.8) is 0 Å². The van der Waals surface area contributed by atoms with Crippen molar-refractivity contribution in [3.05, 3.63) is 23.2 Å². The third kappa shape index (κ3) is 3.48. The molecule has 0 fully saturated rings. The normalized spacial score (nSPS) is 13.7. The number of rotatable bonds is 2. The van der Waals surface area contributed by atoms with Gasteiger partial charge in [-0.05, 0) is 39.0 Å². The minimum atomic E-state index is -1.20. The van der Waals surface area contributed by atoms with E-state index in [1.165, 1.54) is 0 Å². The van der Waals surface area contributed by atoms with E-state index in [-0.39, 0.29) is 4.75 Å². The fraction of sp³-hybridized carbons (Fsp3) is 0.400. The largest absolute Gasteiger partial charge is 0.593 e. The summed E-state index contributed by atoms with van der Waals surface area (Å²) >= 11 is 4.74. The summed E-state index contributed by atoms with van der Waals surface area (Å²) in [5.74, 6) is 0. The molecule has 0 heterocycles. The van der Waals surface area contributed by atoms with Crippen molar-refractivity contribution in [1.29, 1.82) is 0 Å². The Bertz CT molecular complexity index is 352. The lowest BCUT2D eigenvalue weighted by atomic mass is 10.3. The molecule has 1 unspecified atom stereocenters. The lowest BCUT2D eigenvalue weighted by Gasteiger charge is -2.24. The van der Waals surface area contributed by atoms with Gasteiger partial charge in [0.05, 0.1) is 16.4 Å². The summed E-state index contributed by atoms with van der Waals surface area (Å²) in [6.07, 6.45) is 0. The summed E-state index contributed by atoms with van der Waals surface area (Å²) < 4.78 is 14.3. The molecule has 84 valence electrons. The second-order valence-electron chi connectivity index (χ2n) is 4.22. The predicted molar refractivity (Wildman–Crippen MR) is 67.4 cm³/mol. The average molecular weight is 247 g/mol. The second kappa shape index (κ2) is 4.51. The van der Waals surface area contributed by atoms with Gasteiger partial charge in [0.15, 0.2) is 0 Å². The quantitative estimate of drug-likeness (QED) is 0.623. The predicted octanol–water partition coefficient (Wildman–Crippen LogP) is 2.80. The van der Waals surface area contributed by atoms with E-state index in [9.17, 15) is 4.55 Å². The van der Waals surface area contributed by atoms with Gasteiger partial charge in [0, 0.05) is 5.69 Å². The Kier molecular flexibility index (Phi) is 3.76. The van der Waals surface area contributed by atoms with Crippen LogP contribution >= 0.6 is 11.6 Å². The summed E-state index contributed by atoms with van der Waals surface area (Å²) in [5, 5.41) is 0.516. The molecule has 1 aromatic carbocycles. The molecule has 1 atom stereocenters. The number of benzene rings is 1. The standard InChI is InChI=1S/C10H15ClN2OS/c1-10(2,3)15(14)13-9-6-7(12)4-5-8(9)11/h4-6,13H,12H2,1-3H3. The summed E-state index contributed by atoms with van der Waals surface area (Å²) in [6, 6.07) is 5.05. The van der Waals surface area contributed by atoms with Gasteiger partial charge in [-0.25, -0.2) is 4.72 Å². The van der Waals surface area contributed by atoms with E-state index in [1.807, 2.05) is 20.8 Å². The highest BCUT2D eigenvalue weighted by atomic mass is 35.5. The lowest BCUT2D eigenvalue weighted by molar-refractivity contribution is 0.565. The van der Waals surface area contributed by atoms with Crippen molar-refractivity contribution in [2.75, 3.05) is 10.5 Å². The maximum absolute atomic E-state index is 11.8. The van der Waals surface area contributed by atoms with Gasteiger partial charge in [0.1, 0.15) is 10.4 Å². The summed E-state index contributed by atoms with van der Waals surface area (Å²) in [7, 11) is 0. The van der Waals surface area contributed by atoms with E-state index in [4.69, 9.17) is 17.3 Å². The minimum Gasteiger partial charge on any atom is -0.593 e. The Morgan fingerprint density at radius 2 is 2.00 bits per heavy atom. The zero-order valence-electron chi connectivity index (χ0n) is 9.00. The maximum atomic E-state index is 11.8. The monoisotopic (exact) mass is 246 g/mol. The number of nitrogens with two attached hydrogens (primary N) is 1. The SMILES string of the molecule is CC(C)(C)[S+]([O-])Nc1cc(N)ccc1Cl. The molecule has 0 amide bonds. The van der Waals surface area contributed by atoms with E-state index in [0.29, 0.717) is 16.4 Å². The molecular formula is C10H15ClN2OS. The topological polar surface area (TPSA) is 61.1 Å². The molecule has 1 aromatic rings. The number of anilines is 2. The molecule has 3 N–H and O–H groups in total. The van der Waals surface area contributed by atoms with Crippen LogP contribution in [0, 0.1) is 0 Å². The average Bonchev–Trinajstić information content (AvgIpc) is 2.09. The van der Waals surface area contributed by atoms with Crippen molar-refractivity contribution in [3.8, 4) is 0 Å². The Morgan fingerprint density at radius 1 is 1.40 bits per heavy atom. The molecule has 0 saturated carbocycles. The zero-order valence-corrected chi connectivity index (χ0v) is 10.6. The molecule has 0 aromatic heterocycles. The summed E-state index contributed by atoms with van der Waals surface area (Å²) in [5.41, 5.74) is 6.81. The maximum Gasteiger partial charge on any atom is 0.142 e. The van der Waals surface area contributed by atoms with Crippen molar-refractivity contribution in [2.45, 2.75) is 25.5 Å². The van der Waals surface area contributed by atoms with Gasteiger partial charge >= 0.3 is 0 Å². The van der Waals surface area contributed by atoms with Gasteiger partial charge < -0.3 is 10.3 Å². The van der Waals surface area contributed by atoms with Gasteiger partial charge in [-0.15, -0.1) is 0 Å². The first kappa shape index (κ1) is 12.5. The Hall–Kier alpha value is -0.580. The molecule has 0 radical (unpaired) electrons. The molecule has 3 nitrogen and oxygen atoms in total. The Morgan fingerprint density at radius 3 is 2.53 bits per heavy atom. The highest BCUT2D eigenvalue weighted by Crippen LogP contribution is 2.27. The molecule has 0 spiro atoms. The van der Waals surface area contributed by atoms with Crippen LogP contribution in [-0.4, -0.2) is 9.30 Å². The number of hydrogen-bond acceptors (Lipinski definition) is 3. The molecule has 0 saturated heterocycles. The van der Waals surface area contributed by atoms with Crippen molar-refractivity contribution in [2.24, 2.45) is 0 Å². The van der Waals surface area contributed by atoms with Crippen LogP contribution in [0.5, 0.6) is 0 Å². The number of nitrogens with one attached hydrogen (secondary N) is 1. The molecular weight excluding hydrogens is 232 g/mol. The molecule has 5 heteroatoms. The van der Waals surface area contributed by atoms with Gasteiger partial charge in [-0.2, -0.15) is 0 Å². The van der Waals surface area contributed by atoms with E-state index < -0.39 is 11.4 Å². The second-order valence-corrected chi connectivity index (χ2v) is 6.60. The Labute approximate surface area is 98.3 Å². The van der Waals surface area contributed by atoms with Crippen molar-refractivity contribution >= 4 is 34.3 Å². The Balaban J connectivity index is 2.85. The van der Waals surface area contributed by atoms with Crippen LogP contribution in [0.25, 0.3) is 0 Å². The zero-order chi connectivity index (χ0) is 11.6.